The van der Waals surface area contributed by atoms with E-state index in [9.17, 15) is 4.79 Å². The van der Waals surface area contributed by atoms with Crippen molar-refractivity contribution in [3.8, 4) is 11.3 Å². The predicted octanol–water partition coefficient (Wildman–Crippen LogP) is 1.36. The highest BCUT2D eigenvalue weighted by molar-refractivity contribution is 5.85. The molecule has 0 N–H and O–H groups in total. The first kappa shape index (κ1) is 9.61. The Balaban J connectivity index is 0.000000845. The van der Waals surface area contributed by atoms with E-state index in [-0.39, 0.29) is 17.8 Å². The van der Waals surface area contributed by atoms with Gasteiger partial charge in [-0.15, -0.1) is 12.4 Å². The summed E-state index contributed by atoms with van der Waals surface area (Å²) in [7, 11) is 0. The molecular formula is C9H7ClN2O. The number of rotatable bonds is 0. The molecule has 13 heavy (non-hydrogen) atoms. The fourth-order valence-electron chi connectivity index (χ4n) is 1.05. The van der Waals surface area contributed by atoms with Crippen molar-refractivity contribution in [3.05, 3.63) is 47.0 Å². The molecule has 1 heterocycles. The maximum atomic E-state index is 11.2. The van der Waals surface area contributed by atoms with Gasteiger partial charge in [-0.2, -0.15) is 0 Å². The van der Waals surface area contributed by atoms with Gasteiger partial charge < -0.3 is 0 Å². The zero-order valence-electron chi connectivity index (χ0n) is 6.68. The average molecular weight is 195 g/mol. The second-order valence-corrected chi connectivity index (χ2v) is 2.40. The van der Waals surface area contributed by atoms with Crippen molar-refractivity contribution >= 4 is 12.4 Å². The Morgan fingerprint density at radius 3 is 2.85 bits per heavy atom. The monoisotopic (exact) mass is 194 g/mol. The van der Waals surface area contributed by atoms with E-state index in [2.05, 4.69) is 9.97 Å². The van der Waals surface area contributed by atoms with Gasteiger partial charge in [0.1, 0.15) is 5.69 Å². The molecule has 2 aliphatic rings. The smallest absolute Gasteiger partial charge is 0.204 e. The van der Waals surface area contributed by atoms with Gasteiger partial charge in [-0.05, 0) is 6.07 Å². The summed E-state index contributed by atoms with van der Waals surface area (Å²) in [5, 5.41) is 0. The van der Waals surface area contributed by atoms with Crippen LogP contribution >= 0.6 is 12.4 Å². The van der Waals surface area contributed by atoms with Crippen LogP contribution in [0, 0.1) is 0 Å². The maximum Gasteiger partial charge on any atom is 0.204 e. The van der Waals surface area contributed by atoms with Crippen LogP contribution in [-0.2, 0) is 0 Å². The molecule has 66 valence electrons. The van der Waals surface area contributed by atoms with Crippen molar-refractivity contribution in [1.29, 1.82) is 0 Å². The second-order valence-electron chi connectivity index (χ2n) is 2.40. The number of halogens is 1. The summed E-state index contributed by atoms with van der Waals surface area (Å²) in [6, 6.07) is 5.01. The molecule has 1 aliphatic carbocycles. The van der Waals surface area contributed by atoms with Crippen LogP contribution in [0.25, 0.3) is 11.3 Å². The van der Waals surface area contributed by atoms with E-state index in [1.165, 1.54) is 12.3 Å². The van der Waals surface area contributed by atoms with Crippen molar-refractivity contribution < 1.29 is 0 Å². The molecule has 0 aromatic carbocycles. The lowest BCUT2D eigenvalue weighted by Crippen LogP contribution is -2.03. The number of benzene rings is 1. The summed E-state index contributed by atoms with van der Waals surface area (Å²) in [4.78, 5) is 19.1. The number of aromatic nitrogens is 2. The number of nitrogens with zero attached hydrogens (tertiary/aromatic N) is 2. The first-order valence-electron chi connectivity index (χ1n) is 3.57. The quantitative estimate of drug-likeness (QED) is 0.636. The lowest BCUT2D eigenvalue weighted by atomic mass is 10.2. The fraction of sp³-hybridized carbons (Fsp3) is 0. The summed E-state index contributed by atoms with van der Waals surface area (Å²) in [6.07, 6.45) is 4.70. The second kappa shape index (κ2) is 3.96. The average Bonchev–Trinajstić information content (AvgIpc) is 2.30. The molecule has 0 radical (unpaired) electrons. The Hall–Kier alpha value is -1.48. The molecule has 2 rings (SSSR count). The van der Waals surface area contributed by atoms with Crippen LogP contribution in [0.2, 0.25) is 0 Å². The van der Waals surface area contributed by atoms with Gasteiger partial charge in [0.2, 0.25) is 5.43 Å². The minimum absolute atomic E-state index is 0. The third kappa shape index (κ3) is 1.81. The van der Waals surface area contributed by atoms with Crippen LogP contribution in [0.1, 0.15) is 0 Å². The number of fused-ring (bicyclic) bond motifs is 1. The summed E-state index contributed by atoms with van der Waals surface area (Å²) in [6.45, 7) is 0. The Labute approximate surface area is 81.2 Å². The molecule has 0 aromatic heterocycles. The topological polar surface area (TPSA) is 42.9 Å². The highest BCUT2D eigenvalue weighted by atomic mass is 35.5. The molecule has 0 saturated heterocycles. The van der Waals surface area contributed by atoms with E-state index < -0.39 is 0 Å². The minimum atomic E-state index is -0.0644. The largest absolute Gasteiger partial charge is 0.288 e. The van der Waals surface area contributed by atoms with Crippen molar-refractivity contribution in [1.82, 2.24) is 9.97 Å². The van der Waals surface area contributed by atoms with Crippen LogP contribution in [0.4, 0.5) is 0 Å². The fourth-order valence-corrected chi connectivity index (χ4v) is 1.05. The Kier molecular flexibility index (Phi) is 2.93. The molecular weight excluding hydrogens is 188 g/mol. The van der Waals surface area contributed by atoms with Crippen LogP contribution in [0.3, 0.4) is 0 Å². The number of para-hydroxylation sites is 1. The highest BCUT2D eigenvalue weighted by Gasteiger charge is 2.02. The molecule has 0 saturated carbocycles. The molecule has 0 fully saturated rings. The van der Waals surface area contributed by atoms with E-state index in [4.69, 9.17) is 0 Å². The van der Waals surface area contributed by atoms with E-state index in [0.717, 1.165) is 5.56 Å². The lowest BCUT2D eigenvalue weighted by Gasteiger charge is -1.93. The van der Waals surface area contributed by atoms with E-state index in [1.54, 1.807) is 18.5 Å². The third-order valence-corrected chi connectivity index (χ3v) is 1.60. The summed E-state index contributed by atoms with van der Waals surface area (Å²) in [5.74, 6) is 0. The zero-order chi connectivity index (χ0) is 8.39. The Morgan fingerprint density at radius 2 is 2.00 bits per heavy atom. The van der Waals surface area contributed by atoms with E-state index in [0.29, 0.717) is 5.69 Å². The van der Waals surface area contributed by atoms with Crippen LogP contribution in [0.15, 0.2) is 41.6 Å². The van der Waals surface area contributed by atoms with Gasteiger partial charge in [0, 0.05) is 24.2 Å². The van der Waals surface area contributed by atoms with E-state index in [1.807, 2.05) is 6.07 Å². The SMILES string of the molecule is Cl.O=c1cccc2cnccnc1-2. The molecule has 0 bridgehead atoms. The van der Waals surface area contributed by atoms with Gasteiger partial charge in [0.05, 0.1) is 0 Å². The van der Waals surface area contributed by atoms with Gasteiger partial charge in [0.15, 0.2) is 0 Å². The summed E-state index contributed by atoms with van der Waals surface area (Å²) < 4.78 is 0. The van der Waals surface area contributed by atoms with Crippen molar-refractivity contribution in [2.75, 3.05) is 0 Å². The minimum Gasteiger partial charge on any atom is -0.288 e. The van der Waals surface area contributed by atoms with Crippen LogP contribution in [-0.4, -0.2) is 9.97 Å². The standard InChI is InChI=1S/C9H6N2O.ClH/c12-8-3-1-2-7-6-10-4-5-11-9(7)8;/h1-6H;1H. The Bertz CT molecular complexity index is 433. The Morgan fingerprint density at radius 1 is 1.15 bits per heavy atom. The summed E-state index contributed by atoms with van der Waals surface area (Å²) >= 11 is 0. The number of hydrogen-bond acceptors (Lipinski definition) is 3. The lowest BCUT2D eigenvalue weighted by molar-refractivity contribution is 1.31. The van der Waals surface area contributed by atoms with Gasteiger partial charge in [-0.1, -0.05) is 12.1 Å². The normalized spacial score (nSPS) is 9.23. The molecule has 3 nitrogen and oxygen atoms in total. The van der Waals surface area contributed by atoms with Crippen molar-refractivity contribution in [3.63, 3.8) is 0 Å². The molecule has 0 spiro atoms. The first-order valence-corrected chi connectivity index (χ1v) is 3.57. The zero-order valence-corrected chi connectivity index (χ0v) is 7.49. The summed E-state index contributed by atoms with van der Waals surface area (Å²) in [5.41, 5.74) is 1.17. The highest BCUT2D eigenvalue weighted by Crippen LogP contribution is 2.09. The van der Waals surface area contributed by atoms with Crippen LogP contribution < -0.4 is 5.43 Å². The first-order chi connectivity index (χ1) is 5.88. The molecule has 0 aromatic rings. The van der Waals surface area contributed by atoms with Crippen LogP contribution in [0.5, 0.6) is 0 Å². The predicted molar refractivity (Wildman–Crippen MR) is 52.2 cm³/mol. The third-order valence-electron chi connectivity index (χ3n) is 1.60. The van der Waals surface area contributed by atoms with E-state index >= 15 is 0 Å². The molecule has 0 atom stereocenters. The van der Waals surface area contributed by atoms with Gasteiger partial charge >= 0.3 is 0 Å². The molecule has 1 aliphatic heterocycles. The van der Waals surface area contributed by atoms with Gasteiger partial charge in [-0.25, -0.2) is 0 Å². The number of hydrogen-bond donors (Lipinski definition) is 0. The molecule has 0 amide bonds. The van der Waals surface area contributed by atoms with Crippen molar-refractivity contribution in [2.24, 2.45) is 0 Å². The maximum absolute atomic E-state index is 11.2. The van der Waals surface area contributed by atoms with Gasteiger partial charge in [0.25, 0.3) is 0 Å². The van der Waals surface area contributed by atoms with Crippen molar-refractivity contribution in [2.45, 2.75) is 0 Å². The molecule has 0 unspecified atom stereocenters. The van der Waals surface area contributed by atoms with Gasteiger partial charge in [-0.3, -0.25) is 14.8 Å². The molecule has 4 heteroatoms.